The van der Waals surface area contributed by atoms with Gasteiger partial charge in [0.25, 0.3) is 0 Å². The Morgan fingerprint density at radius 3 is 1.48 bits per heavy atom. The number of benzene rings is 2. The lowest BCUT2D eigenvalue weighted by Crippen LogP contribution is -1.94. The summed E-state index contributed by atoms with van der Waals surface area (Å²) in [5, 5.41) is 17.6. The Kier molecular flexibility index (Phi) is 8.25. The van der Waals surface area contributed by atoms with Gasteiger partial charge in [0.05, 0.1) is 0 Å². The molecule has 0 fully saturated rings. The van der Waals surface area contributed by atoms with Crippen molar-refractivity contribution in [2.75, 3.05) is 0 Å². The van der Waals surface area contributed by atoms with Crippen LogP contribution in [0.4, 0.5) is 17.6 Å². The molecule has 0 radical (unpaired) electrons. The van der Waals surface area contributed by atoms with Gasteiger partial charge in [0.1, 0.15) is 0 Å². The fraction of sp³-hybridized carbons (Fsp3) is 0.368. The maximum Gasteiger partial charge on any atom is 0.200 e. The maximum absolute atomic E-state index is 13.1. The molecule has 0 spiro atoms. The second-order valence-corrected chi connectivity index (χ2v) is 5.60. The number of phenolic OH excluding ortho intramolecular Hbond substituents is 2. The van der Waals surface area contributed by atoms with Gasteiger partial charge in [-0.05, 0) is 42.5 Å². The van der Waals surface area contributed by atoms with Crippen LogP contribution in [0.25, 0.3) is 0 Å². The lowest BCUT2D eigenvalue weighted by atomic mass is 10.1. The summed E-state index contributed by atoms with van der Waals surface area (Å²) in [6.07, 6.45) is 3.51. The van der Waals surface area contributed by atoms with E-state index >= 15 is 0 Å². The molecule has 0 saturated heterocycles. The van der Waals surface area contributed by atoms with Crippen molar-refractivity contribution in [3.05, 3.63) is 58.7 Å². The first-order chi connectivity index (χ1) is 11.8. The molecule has 0 heterocycles. The van der Waals surface area contributed by atoms with Crippen LogP contribution in [0.2, 0.25) is 0 Å². The van der Waals surface area contributed by atoms with E-state index in [9.17, 15) is 17.6 Å². The molecule has 25 heavy (non-hydrogen) atoms. The van der Waals surface area contributed by atoms with Crippen LogP contribution in [-0.4, -0.2) is 10.2 Å². The molecule has 0 saturated carbocycles. The zero-order valence-electron chi connectivity index (χ0n) is 14.3. The lowest BCUT2D eigenvalue weighted by molar-refractivity contribution is 0.403. The van der Waals surface area contributed by atoms with E-state index < -0.39 is 34.8 Å². The summed E-state index contributed by atoms with van der Waals surface area (Å²) >= 11 is 0. The van der Waals surface area contributed by atoms with E-state index in [2.05, 4.69) is 0 Å². The van der Waals surface area contributed by atoms with Gasteiger partial charge >= 0.3 is 0 Å². The number of rotatable bonds is 5. The molecule has 0 amide bonds. The standard InChI is InChI=1S/C10H12F2O.C9H10F2O/c1-2-3-4-7-5-6-8(13)10(12)9(7)11;1-2-3-6-4-5-7(12)9(11)8(6)10/h5-6,13H,2-4H2,1H3;4-5,12H,2-3H2,1H3. The van der Waals surface area contributed by atoms with Crippen LogP contribution >= 0.6 is 0 Å². The van der Waals surface area contributed by atoms with E-state index in [0.717, 1.165) is 19.3 Å². The van der Waals surface area contributed by atoms with Crippen molar-refractivity contribution >= 4 is 0 Å². The van der Waals surface area contributed by atoms with E-state index in [1.54, 1.807) is 0 Å². The highest BCUT2D eigenvalue weighted by molar-refractivity contribution is 5.30. The topological polar surface area (TPSA) is 40.5 Å². The lowest BCUT2D eigenvalue weighted by Gasteiger charge is -2.03. The summed E-state index contributed by atoms with van der Waals surface area (Å²) in [6.45, 7) is 3.86. The third-order valence-corrected chi connectivity index (χ3v) is 3.60. The highest BCUT2D eigenvalue weighted by Gasteiger charge is 2.12. The molecule has 0 aliphatic heterocycles. The monoisotopic (exact) mass is 358 g/mol. The number of phenols is 2. The molecule has 0 atom stereocenters. The Morgan fingerprint density at radius 1 is 0.640 bits per heavy atom. The number of halogens is 4. The summed E-state index contributed by atoms with van der Waals surface area (Å²) in [4.78, 5) is 0. The maximum atomic E-state index is 13.1. The Labute approximate surface area is 144 Å². The largest absolute Gasteiger partial charge is 0.505 e. The van der Waals surface area contributed by atoms with Crippen molar-refractivity contribution in [2.24, 2.45) is 0 Å². The van der Waals surface area contributed by atoms with E-state index in [0.29, 0.717) is 24.0 Å². The minimum atomic E-state index is -1.15. The minimum Gasteiger partial charge on any atom is -0.505 e. The zero-order chi connectivity index (χ0) is 19.0. The van der Waals surface area contributed by atoms with Gasteiger partial charge in [-0.25, -0.2) is 8.78 Å². The highest BCUT2D eigenvalue weighted by Crippen LogP contribution is 2.23. The average Bonchev–Trinajstić information content (AvgIpc) is 2.60. The second-order valence-electron chi connectivity index (χ2n) is 5.60. The first kappa shape index (κ1) is 20.8. The van der Waals surface area contributed by atoms with Crippen molar-refractivity contribution < 1.29 is 27.8 Å². The van der Waals surface area contributed by atoms with Crippen molar-refractivity contribution in [1.82, 2.24) is 0 Å². The van der Waals surface area contributed by atoms with Crippen LogP contribution in [0, 0.1) is 23.3 Å². The quantitative estimate of drug-likeness (QED) is 0.680. The van der Waals surface area contributed by atoms with Gasteiger partial charge in [0.15, 0.2) is 23.1 Å². The van der Waals surface area contributed by atoms with Crippen molar-refractivity contribution in [3.8, 4) is 11.5 Å². The van der Waals surface area contributed by atoms with Gasteiger partial charge < -0.3 is 10.2 Å². The van der Waals surface area contributed by atoms with E-state index in [4.69, 9.17) is 10.2 Å². The van der Waals surface area contributed by atoms with Crippen molar-refractivity contribution in [3.63, 3.8) is 0 Å². The average molecular weight is 358 g/mol. The van der Waals surface area contributed by atoms with Crippen molar-refractivity contribution in [2.45, 2.75) is 46.0 Å². The number of hydrogen-bond acceptors (Lipinski definition) is 2. The van der Waals surface area contributed by atoms with Crippen LogP contribution in [0.3, 0.4) is 0 Å². The summed E-state index contributed by atoms with van der Waals surface area (Å²) in [7, 11) is 0. The van der Waals surface area contributed by atoms with E-state index in [1.165, 1.54) is 24.3 Å². The van der Waals surface area contributed by atoms with Crippen LogP contribution < -0.4 is 0 Å². The highest BCUT2D eigenvalue weighted by atomic mass is 19.2. The fourth-order valence-electron chi connectivity index (χ4n) is 2.18. The summed E-state index contributed by atoms with van der Waals surface area (Å²) in [6, 6.07) is 5.17. The van der Waals surface area contributed by atoms with Crippen LogP contribution in [-0.2, 0) is 12.8 Å². The van der Waals surface area contributed by atoms with Gasteiger partial charge in [0, 0.05) is 0 Å². The van der Waals surface area contributed by atoms with Crippen LogP contribution in [0.5, 0.6) is 11.5 Å². The van der Waals surface area contributed by atoms with Crippen molar-refractivity contribution in [1.29, 1.82) is 0 Å². The predicted molar refractivity (Wildman–Crippen MR) is 88.7 cm³/mol. The Bertz CT molecular complexity index is 702. The smallest absolute Gasteiger partial charge is 0.200 e. The molecule has 2 aromatic rings. The zero-order valence-corrected chi connectivity index (χ0v) is 14.3. The molecule has 0 unspecified atom stereocenters. The Hall–Kier alpha value is -2.24. The molecular formula is C19H22F4O2. The number of aryl methyl sites for hydroxylation is 2. The van der Waals surface area contributed by atoms with E-state index in [1.807, 2.05) is 13.8 Å². The van der Waals surface area contributed by atoms with Crippen LogP contribution in [0.15, 0.2) is 24.3 Å². The number of unbranched alkanes of at least 4 members (excludes halogenated alkanes) is 1. The van der Waals surface area contributed by atoms with Gasteiger partial charge in [-0.1, -0.05) is 38.8 Å². The molecule has 6 heteroatoms. The molecule has 2 rings (SSSR count). The first-order valence-corrected chi connectivity index (χ1v) is 8.15. The molecule has 0 aliphatic carbocycles. The van der Waals surface area contributed by atoms with Gasteiger partial charge in [0.2, 0.25) is 11.6 Å². The molecule has 2 aromatic carbocycles. The third-order valence-electron chi connectivity index (χ3n) is 3.60. The Balaban J connectivity index is 0.000000251. The second kappa shape index (κ2) is 9.91. The summed E-state index contributed by atoms with van der Waals surface area (Å²) in [5.41, 5.74) is 0.643. The van der Waals surface area contributed by atoms with Gasteiger partial charge in [-0.15, -0.1) is 0 Å². The van der Waals surface area contributed by atoms with Gasteiger partial charge in [-0.2, -0.15) is 8.78 Å². The molecule has 0 aromatic heterocycles. The molecule has 0 bridgehead atoms. The summed E-state index contributed by atoms with van der Waals surface area (Å²) < 4.78 is 51.4. The number of aromatic hydroxyl groups is 2. The third kappa shape index (κ3) is 5.66. The fourth-order valence-corrected chi connectivity index (χ4v) is 2.18. The molecule has 0 aliphatic rings. The van der Waals surface area contributed by atoms with E-state index in [-0.39, 0.29) is 0 Å². The minimum absolute atomic E-state index is 0.313. The predicted octanol–water partition coefficient (Wildman–Crippen LogP) is 5.64. The normalized spacial score (nSPS) is 10.3. The van der Waals surface area contributed by atoms with Crippen LogP contribution in [0.1, 0.15) is 44.2 Å². The Morgan fingerprint density at radius 2 is 1.08 bits per heavy atom. The molecule has 2 N–H and O–H groups in total. The SMILES string of the molecule is CCCCc1ccc(O)c(F)c1F.CCCc1ccc(O)c(F)c1F. The molecule has 138 valence electrons. The number of hydrogen-bond donors (Lipinski definition) is 2. The molecule has 2 nitrogen and oxygen atoms in total. The summed E-state index contributed by atoms with van der Waals surface area (Å²) in [5.74, 6) is -5.41. The first-order valence-electron chi connectivity index (χ1n) is 8.15. The van der Waals surface area contributed by atoms with Gasteiger partial charge in [-0.3, -0.25) is 0 Å². The molecular weight excluding hydrogens is 336 g/mol.